The molecular weight excluding hydrogens is 296 g/mol. The number of rotatable bonds is 6. The molecule has 0 radical (unpaired) electrons. The molecule has 1 saturated carbocycles. The van der Waals surface area contributed by atoms with Crippen LogP contribution in [0.4, 0.5) is 5.82 Å². The highest BCUT2D eigenvalue weighted by Crippen LogP contribution is 2.54. The Morgan fingerprint density at radius 3 is 3.17 bits per heavy atom. The molecular formula is C17H16N2O4. The molecule has 2 atom stereocenters. The summed E-state index contributed by atoms with van der Waals surface area (Å²) in [7, 11) is 1.76. The van der Waals surface area contributed by atoms with Crippen LogP contribution in [0.2, 0.25) is 0 Å². The second kappa shape index (κ2) is 5.46. The molecule has 6 heteroatoms. The summed E-state index contributed by atoms with van der Waals surface area (Å²) in [5, 5.41) is 2.98. The molecule has 1 aromatic carbocycles. The van der Waals surface area contributed by atoms with E-state index in [4.69, 9.17) is 14.2 Å². The number of carbonyl (C=O) groups is 1. The number of aromatic nitrogens is 1. The van der Waals surface area contributed by atoms with Crippen LogP contribution in [-0.2, 0) is 16.1 Å². The highest BCUT2D eigenvalue weighted by Gasteiger charge is 2.48. The number of hydrogen-bond acceptors (Lipinski definition) is 6. The van der Waals surface area contributed by atoms with Gasteiger partial charge >= 0.3 is 0 Å². The number of benzene rings is 1. The van der Waals surface area contributed by atoms with Crippen LogP contribution in [0.1, 0.15) is 23.5 Å². The molecule has 1 aromatic heterocycles. The molecule has 1 fully saturated rings. The summed E-state index contributed by atoms with van der Waals surface area (Å²) in [5.41, 5.74) is 1.91. The van der Waals surface area contributed by atoms with Crippen LogP contribution in [0, 0.1) is 0 Å². The van der Waals surface area contributed by atoms with Gasteiger partial charge in [-0.2, -0.15) is 0 Å². The minimum Gasteiger partial charge on any atom is -0.489 e. The maximum absolute atomic E-state index is 10.5. The predicted octanol–water partition coefficient (Wildman–Crippen LogP) is 2.84. The number of nitrogens with one attached hydrogen (secondary N) is 1. The van der Waals surface area contributed by atoms with Gasteiger partial charge in [0.1, 0.15) is 35.8 Å². The van der Waals surface area contributed by atoms with E-state index in [0.29, 0.717) is 35.6 Å². The van der Waals surface area contributed by atoms with Crippen LogP contribution >= 0.6 is 0 Å². The van der Waals surface area contributed by atoms with E-state index in [1.807, 2.05) is 18.2 Å². The maximum Gasteiger partial charge on any atom is 0.293 e. The molecule has 0 spiro atoms. The van der Waals surface area contributed by atoms with Crippen LogP contribution in [0.15, 0.2) is 30.5 Å². The van der Waals surface area contributed by atoms with Crippen molar-refractivity contribution in [3.05, 3.63) is 41.6 Å². The second-order valence-corrected chi connectivity index (χ2v) is 5.59. The van der Waals surface area contributed by atoms with Crippen molar-refractivity contribution in [2.45, 2.75) is 25.0 Å². The van der Waals surface area contributed by atoms with Crippen molar-refractivity contribution in [3.8, 4) is 17.2 Å². The lowest BCUT2D eigenvalue weighted by molar-refractivity contribution is -0.129. The van der Waals surface area contributed by atoms with E-state index >= 15 is 0 Å². The van der Waals surface area contributed by atoms with E-state index in [0.717, 1.165) is 17.9 Å². The molecule has 2 aromatic rings. The van der Waals surface area contributed by atoms with Gasteiger partial charge < -0.3 is 19.5 Å². The Balaban J connectivity index is 1.63. The number of nitrogens with zero attached hydrogens (tertiary/aromatic N) is 1. The number of fused-ring (bicyclic) bond motifs is 3. The van der Waals surface area contributed by atoms with E-state index in [1.54, 1.807) is 19.3 Å². The summed E-state index contributed by atoms with van der Waals surface area (Å²) in [5.74, 6) is 3.43. The Bertz CT molecular complexity index is 762. The van der Waals surface area contributed by atoms with Crippen molar-refractivity contribution in [1.29, 1.82) is 0 Å². The molecule has 23 heavy (non-hydrogen) atoms. The van der Waals surface area contributed by atoms with Gasteiger partial charge in [0, 0.05) is 24.7 Å². The average molecular weight is 312 g/mol. The first-order valence-electron chi connectivity index (χ1n) is 7.49. The lowest BCUT2D eigenvalue weighted by atomic mass is 10.1. The van der Waals surface area contributed by atoms with Gasteiger partial charge in [0.05, 0.1) is 5.56 Å². The number of pyridine rings is 1. The maximum atomic E-state index is 10.5. The van der Waals surface area contributed by atoms with Gasteiger partial charge in [-0.1, -0.05) is 0 Å². The lowest BCUT2D eigenvalue weighted by Gasteiger charge is -2.14. The Labute approximate surface area is 133 Å². The number of carbonyl (C=O) groups excluding carboxylic acids is 1. The summed E-state index contributed by atoms with van der Waals surface area (Å²) in [4.78, 5) is 14.7. The van der Waals surface area contributed by atoms with E-state index < -0.39 is 0 Å². The molecule has 1 aliphatic heterocycles. The van der Waals surface area contributed by atoms with Crippen molar-refractivity contribution >= 4 is 12.3 Å². The molecule has 0 bridgehead atoms. The Morgan fingerprint density at radius 1 is 1.43 bits per heavy atom. The number of ether oxygens (including phenoxy) is 3. The van der Waals surface area contributed by atoms with E-state index in [9.17, 15) is 4.79 Å². The van der Waals surface area contributed by atoms with Crippen LogP contribution < -0.4 is 14.8 Å². The van der Waals surface area contributed by atoms with Crippen LogP contribution in [-0.4, -0.2) is 24.6 Å². The van der Waals surface area contributed by atoms with Crippen molar-refractivity contribution in [2.24, 2.45) is 0 Å². The quantitative estimate of drug-likeness (QED) is 0.827. The Kier molecular flexibility index (Phi) is 3.29. The molecule has 2 aliphatic rings. The average Bonchev–Trinajstić information content (AvgIpc) is 3.26. The Hall–Kier alpha value is -2.76. The van der Waals surface area contributed by atoms with Crippen molar-refractivity contribution in [2.75, 3.05) is 12.4 Å². The molecule has 6 nitrogen and oxygen atoms in total. The van der Waals surface area contributed by atoms with Gasteiger partial charge in [-0.15, -0.1) is 0 Å². The Morgan fingerprint density at radius 2 is 2.35 bits per heavy atom. The molecule has 0 saturated heterocycles. The second-order valence-electron chi connectivity index (χ2n) is 5.59. The monoisotopic (exact) mass is 312 g/mol. The highest BCUT2D eigenvalue weighted by molar-refractivity contribution is 5.55. The molecule has 2 unspecified atom stereocenters. The predicted molar refractivity (Wildman–Crippen MR) is 82.9 cm³/mol. The summed E-state index contributed by atoms with van der Waals surface area (Å²) < 4.78 is 16.7. The lowest BCUT2D eigenvalue weighted by Crippen LogP contribution is -2.03. The highest BCUT2D eigenvalue weighted by atomic mass is 16.5. The molecule has 118 valence electrons. The minimum absolute atomic E-state index is 0.0988. The summed E-state index contributed by atoms with van der Waals surface area (Å²) in [6.45, 7) is 0.512. The summed E-state index contributed by atoms with van der Waals surface area (Å²) in [6.07, 6.45) is 3.10. The number of anilines is 1. The van der Waals surface area contributed by atoms with Gasteiger partial charge in [-0.3, -0.25) is 4.79 Å². The molecule has 2 heterocycles. The van der Waals surface area contributed by atoms with Crippen molar-refractivity contribution in [1.82, 2.24) is 4.98 Å². The fourth-order valence-corrected chi connectivity index (χ4v) is 2.95. The molecule has 4 rings (SSSR count). The first-order chi connectivity index (χ1) is 11.3. The van der Waals surface area contributed by atoms with E-state index in [1.165, 1.54) is 5.56 Å². The largest absolute Gasteiger partial charge is 0.489 e. The SMILES string of the molecule is CNc1nccc(Oc2ccc3c(c2)C2CC2O3)c1COC=O. The van der Waals surface area contributed by atoms with E-state index in [-0.39, 0.29) is 6.61 Å². The number of hydrogen-bond donors (Lipinski definition) is 1. The van der Waals surface area contributed by atoms with Gasteiger partial charge in [0.25, 0.3) is 6.47 Å². The fourth-order valence-electron chi connectivity index (χ4n) is 2.95. The third kappa shape index (κ3) is 2.46. The smallest absolute Gasteiger partial charge is 0.293 e. The topological polar surface area (TPSA) is 69.7 Å². The standard InChI is InChI=1S/C17H16N2O4/c1-18-17-13(8-21-9-20)15(4-5-19-17)22-10-2-3-14-11(6-10)12-7-16(12)23-14/h2-6,9,12,16H,7-8H2,1H3,(H,18,19). The minimum atomic E-state index is 0.0988. The van der Waals surface area contributed by atoms with Crippen molar-refractivity contribution < 1.29 is 19.0 Å². The van der Waals surface area contributed by atoms with Crippen LogP contribution in [0.3, 0.4) is 0 Å². The molecule has 1 aliphatic carbocycles. The fraction of sp³-hybridized carbons (Fsp3) is 0.294. The zero-order valence-electron chi connectivity index (χ0n) is 12.6. The molecule has 1 N–H and O–H groups in total. The van der Waals surface area contributed by atoms with Crippen molar-refractivity contribution in [3.63, 3.8) is 0 Å². The normalized spacial score (nSPS) is 20.0. The summed E-state index contributed by atoms with van der Waals surface area (Å²) >= 11 is 0. The van der Waals surface area contributed by atoms with Gasteiger partial charge in [-0.05, 0) is 30.7 Å². The van der Waals surface area contributed by atoms with Gasteiger partial charge in [-0.25, -0.2) is 4.98 Å². The third-order valence-corrected chi connectivity index (χ3v) is 4.16. The van der Waals surface area contributed by atoms with E-state index in [2.05, 4.69) is 10.3 Å². The zero-order chi connectivity index (χ0) is 15.8. The van der Waals surface area contributed by atoms with Gasteiger partial charge in [0.15, 0.2) is 0 Å². The summed E-state index contributed by atoms with van der Waals surface area (Å²) in [6, 6.07) is 7.61. The first kappa shape index (κ1) is 13.9. The third-order valence-electron chi connectivity index (χ3n) is 4.16. The van der Waals surface area contributed by atoms with Crippen LogP contribution in [0.5, 0.6) is 17.2 Å². The molecule has 0 amide bonds. The van der Waals surface area contributed by atoms with Crippen LogP contribution in [0.25, 0.3) is 0 Å². The zero-order valence-corrected chi connectivity index (χ0v) is 12.6. The first-order valence-corrected chi connectivity index (χ1v) is 7.49. The van der Waals surface area contributed by atoms with Gasteiger partial charge in [0.2, 0.25) is 0 Å².